The molecule has 1 N–H and O–H groups in total. The fourth-order valence-corrected chi connectivity index (χ4v) is 4.34. The van der Waals surface area contributed by atoms with Crippen LogP contribution in [0.4, 0.5) is 0 Å². The standard InChI is InChI=1S/C19H26N6O2/c1-24(12-16-22-17(23-27-16)14-3-7-20-8-4-14)18(26)15-11-19(13-25(15)2)5-9-21-10-6-19/h3-4,7-8,15,21H,5-6,9-13H2,1-2H3. The fourth-order valence-electron chi connectivity index (χ4n) is 4.34. The monoisotopic (exact) mass is 370 g/mol. The number of carbonyl (C=O) groups is 1. The number of likely N-dealkylation sites (N-methyl/N-ethyl adjacent to an activating group) is 2. The number of amides is 1. The van der Waals surface area contributed by atoms with E-state index in [-0.39, 0.29) is 17.4 Å². The van der Waals surface area contributed by atoms with Crippen molar-refractivity contribution in [3.05, 3.63) is 30.4 Å². The Labute approximate surface area is 158 Å². The van der Waals surface area contributed by atoms with E-state index >= 15 is 0 Å². The van der Waals surface area contributed by atoms with Gasteiger partial charge >= 0.3 is 0 Å². The number of aromatic nitrogens is 3. The third-order valence-corrected chi connectivity index (χ3v) is 5.85. The zero-order valence-electron chi connectivity index (χ0n) is 15.9. The van der Waals surface area contributed by atoms with Crippen molar-refractivity contribution in [3.63, 3.8) is 0 Å². The minimum absolute atomic E-state index is 0.0734. The molecule has 0 aliphatic carbocycles. The van der Waals surface area contributed by atoms with Crippen molar-refractivity contribution in [2.24, 2.45) is 5.41 Å². The average molecular weight is 370 g/mol. The molecule has 4 rings (SSSR count). The van der Waals surface area contributed by atoms with Crippen molar-refractivity contribution in [2.45, 2.75) is 31.8 Å². The van der Waals surface area contributed by atoms with E-state index < -0.39 is 0 Å². The Morgan fingerprint density at radius 3 is 2.85 bits per heavy atom. The van der Waals surface area contributed by atoms with E-state index in [2.05, 4.69) is 32.4 Å². The number of carbonyl (C=O) groups excluding carboxylic acids is 1. The molecular weight excluding hydrogens is 344 g/mol. The van der Waals surface area contributed by atoms with E-state index in [9.17, 15) is 4.79 Å². The molecule has 1 atom stereocenters. The van der Waals surface area contributed by atoms with Crippen LogP contribution in [0.1, 0.15) is 25.2 Å². The van der Waals surface area contributed by atoms with Crippen LogP contribution < -0.4 is 5.32 Å². The molecule has 1 amide bonds. The van der Waals surface area contributed by atoms with Crippen LogP contribution in [-0.2, 0) is 11.3 Å². The van der Waals surface area contributed by atoms with Crippen molar-refractivity contribution in [1.29, 1.82) is 0 Å². The van der Waals surface area contributed by atoms with Crippen LogP contribution in [0.2, 0.25) is 0 Å². The first-order valence-electron chi connectivity index (χ1n) is 9.45. The largest absolute Gasteiger partial charge is 0.337 e. The van der Waals surface area contributed by atoms with Gasteiger partial charge in [0.1, 0.15) is 0 Å². The van der Waals surface area contributed by atoms with Gasteiger partial charge in [-0.05, 0) is 56.9 Å². The molecular formula is C19H26N6O2. The van der Waals surface area contributed by atoms with Crippen molar-refractivity contribution >= 4 is 5.91 Å². The zero-order valence-corrected chi connectivity index (χ0v) is 15.9. The molecule has 8 nitrogen and oxygen atoms in total. The maximum atomic E-state index is 13.0. The molecule has 0 saturated carbocycles. The van der Waals surface area contributed by atoms with Crippen molar-refractivity contribution in [2.75, 3.05) is 33.7 Å². The van der Waals surface area contributed by atoms with Crippen LogP contribution >= 0.6 is 0 Å². The maximum Gasteiger partial charge on any atom is 0.246 e. The second-order valence-corrected chi connectivity index (χ2v) is 7.83. The molecule has 27 heavy (non-hydrogen) atoms. The summed E-state index contributed by atoms with van der Waals surface area (Å²) < 4.78 is 5.34. The van der Waals surface area contributed by atoms with Gasteiger partial charge in [-0.1, -0.05) is 5.16 Å². The summed E-state index contributed by atoms with van der Waals surface area (Å²) in [5, 5.41) is 7.43. The lowest BCUT2D eigenvalue weighted by molar-refractivity contribution is -0.135. The first-order valence-corrected chi connectivity index (χ1v) is 9.45. The Bertz CT molecular complexity index is 787. The summed E-state index contributed by atoms with van der Waals surface area (Å²) in [6.07, 6.45) is 6.59. The Kier molecular flexibility index (Phi) is 4.92. The van der Waals surface area contributed by atoms with Crippen LogP contribution in [0.5, 0.6) is 0 Å². The number of hydrogen-bond acceptors (Lipinski definition) is 7. The lowest BCUT2D eigenvalue weighted by Gasteiger charge is -2.33. The van der Waals surface area contributed by atoms with Gasteiger partial charge in [0.2, 0.25) is 17.6 Å². The minimum Gasteiger partial charge on any atom is -0.337 e. The van der Waals surface area contributed by atoms with Crippen molar-refractivity contribution in [1.82, 2.24) is 30.2 Å². The van der Waals surface area contributed by atoms with Gasteiger partial charge in [-0.3, -0.25) is 14.7 Å². The highest BCUT2D eigenvalue weighted by Gasteiger charge is 2.46. The molecule has 2 aromatic heterocycles. The number of rotatable bonds is 4. The van der Waals surface area contributed by atoms with Crippen LogP contribution in [0.15, 0.2) is 29.0 Å². The molecule has 2 aliphatic heterocycles. The highest BCUT2D eigenvalue weighted by atomic mass is 16.5. The Morgan fingerprint density at radius 1 is 1.37 bits per heavy atom. The summed E-state index contributed by atoms with van der Waals surface area (Å²) in [5.74, 6) is 1.08. The first kappa shape index (κ1) is 18.1. The SMILES string of the molecule is CN(Cc1nc(-c2ccncc2)no1)C(=O)C1CC2(CCNCC2)CN1C. The van der Waals surface area contributed by atoms with E-state index in [0.29, 0.717) is 18.3 Å². The lowest BCUT2D eigenvalue weighted by atomic mass is 9.77. The van der Waals surface area contributed by atoms with Gasteiger partial charge in [0.25, 0.3) is 0 Å². The molecule has 0 bridgehead atoms. The lowest BCUT2D eigenvalue weighted by Crippen LogP contribution is -2.42. The predicted molar refractivity (Wildman–Crippen MR) is 99.6 cm³/mol. The van der Waals surface area contributed by atoms with Gasteiger partial charge in [0.15, 0.2) is 0 Å². The third kappa shape index (κ3) is 3.72. The van der Waals surface area contributed by atoms with Crippen LogP contribution in [0, 0.1) is 5.41 Å². The molecule has 1 spiro atoms. The molecule has 0 radical (unpaired) electrons. The highest BCUT2D eigenvalue weighted by Crippen LogP contribution is 2.41. The number of nitrogens with one attached hydrogen (secondary N) is 1. The quantitative estimate of drug-likeness (QED) is 0.864. The summed E-state index contributed by atoms with van der Waals surface area (Å²) in [6, 6.07) is 3.58. The van der Waals surface area contributed by atoms with E-state index in [0.717, 1.165) is 44.5 Å². The van der Waals surface area contributed by atoms with E-state index in [1.54, 1.807) is 24.3 Å². The molecule has 2 fully saturated rings. The Morgan fingerprint density at radius 2 is 2.11 bits per heavy atom. The molecule has 2 aliphatic rings. The van der Waals surface area contributed by atoms with Gasteiger partial charge in [-0.25, -0.2) is 0 Å². The van der Waals surface area contributed by atoms with Crippen LogP contribution in [0.3, 0.4) is 0 Å². The van der Waals surface area contributed by atoms with E-state index in [1.807, 2.05) is 12.1 Å². The topological polar surface area (TPSA) is 87.4 Å². The predicted octanol–water partition coefficient (Wildman–Crippen LogP) is 1.16. The average Bonchev–Trinajstić information content (AvgIpc) is 3.27. The van der Waals surface area contributed by atoms with Gasteiger partial charge in [0.05, 0.1) is 12.6 Å². The van der Waals surface area contributed by atoms with Crippen molar-refractivity contribution < 1.29 is 9.32 Å². The van der Waals surface area contributed by atoms with Gasteiger partial charge in [-0.15, -0.1) is 0 Å². The summed E-state index contributed by atoms with van der Waals surface area (Å²) in [5.41, 5.74) is 1.12. The van der Waals surface area contributed by atoms with Gasteiger partial charge < -0.3 is 14.7 Å². The first-order chi connectivity index (χ1) is 13.1. The molecule has 2 aromatic rings. The second kappa shape index (κ2) is 7.36. The number of likely N-dealkylation sites (tertiary alicyclic amines) is 1. The number of piperidine rings is 1. The van der Waals surface area contributed by atoms with Gasteiger partial charge in [-0.2, -0.15) is 4.98 Å². The summed E-state index contributed by atoms with van der Waals surface area (Å²) >= 11 is 0. The second-order valence-electron chi connectivity index (χ2n) is 7.83. The van der Waals surface area contributed by atoms with Crippen LogP contribution in [0.25, 0.3) is 11.4 Å². The summed E-state index contributed by atoms with van der Waals surface area (Å²) in [6.45, 7) is 3.40. The molecule has 0 aromatic carbocycles. The van der Waals surface area contributed by atoms with E-state index in [1.165, 1.54) is 0 Å². The molecule has 144 valence electrons. The Balaban J connectivity index is 1.40. The van der Waals surface area contributed by atoms with E-state index in [4.69, 9.17) is 4.52 Å². The summed E-state index contributed by atoms with van der Waals surface area (Å²) in [7, 11) is 3.86. The van der Waals surface area contributed by atoms with Gasteiger partial charge in [0, 0.05) is 31.5 Å². The minimum atomic E-state index is -0.0734. The third-order valence-electron chi connectivity index (χ3n) is 5.85. The molecule has 1 unspecified atom stereocenters. The molecule has 8 heteroatoms. The highest BCUT2D eigenvalue weighted by molar-refractivity contribution is 5.82. The van der Waals surface area contributed by atoms with Crippen molar-refractivity contribution in [3.8, 4) is 11.4 Å². The Hall–Kier alpha value is -2.32. The molecule has 4 heterocycles. The number of pyridine rings is 1. The summed E-state index contributed by atoms with van der Waals surface area (Å²) in [4.78, 5) is 25.3. The number of hydrogen-bond donors (Lipinski definition) is 1. The normalized spacial score (nSPS) is 22.2. The van der Waals surface area contributed by atoms with Crippen LogP contribution in [-0.4, -0.2) is 70.6 Å². The maximum absolute atomic E-state index is 13.0. The number of nitrogens with zero attached hydrogens (tertiary/aromatic N) is 5. The zero-order chi connectivity index (χ0) is 18.9. The fraction of sp³-hybridized carbons (Fsp3) is 0.579. The molecule has 2 saturated heterocycles. The smallest absolute Gasteiger partial charge is 0.246 e.